The highest BCUT2D eigenvalue weighted by Gasteiger charge is 2.22. The Morgan fingerprint density at radius 1 is 1.16 bits per heavy atom. The molecule has 0 aliphatic carbocycles. The molecule has 1 N–H and O–H groups in total. The van der Waals surface area contributed by atoms with Crippen LogP contribution in [-0.2, 0) is 11.3 Å². The van der Waals surface area contributed by atoms with E-state index in [0.29, 0.717) is 5.91 Å². The number of piperidine rings is 1. The minimum Gasteiger partial charge on any atom is -0.340 e. The van der Waals surface area contributed by atoms with E-state index in [4.69, 9.17) is 11.6 Å². The van der Waals surface area contributed by atoms with Crippen molar-refractivity contribution >= 4 is 53.7 Å². The number of nitrogens with one attached hydrogen (secondary N) is 1. The molecule has 2 saturated heterocycles. The zero-order valence-corrected chi connectivity index (χ0v) is 17.6. The lowest BCUT2D eigenvalue weighted by atomic mass is 9.93. The van der Waals surface area contributed by atoms with E-state index in [2.05, 4.69) is 21.2 Å². The summed E-state index contributed by atoms with van der Waals surface area (Å²) in [7, 11) is 0. The van der Waals surface area contributed by atoms with Gasteiger partial charge in [0.2, 0.25) is 5.91 Å². The highest BCUT2D eigenvalue weighted by molar-refractivity contribution is 7.16. The Kier molecular flexibility index (Phi) is 10.7. The smallest absolute Gasteiger partial charge is 0.222 e. The van der Waals surface area contributed by atoms with E-state index in [-0.39, 0.29) is 24.8 Å². The summed E-state index contributed by atoms with van der Waals surface area (Å²) < 4.78 is 0.853. The maximum absolute atomic E-state index is 12.4. The first kappa shape index (κ1) is 23.0. The number of thiophene rings is 1. The molecule has 8 heteroatoms. The maximum Gasteiger partial charge on any atom is 0.222 e. The summed E-state index contributed by atoms with van der Waals surface area (Å²) in [5.74, 6) is 1.09. The Labute approximate surface area is 172 Å². The summed E-state index contributed by atoms with van der Waals surface area (Å²) in [6.07, 6.45) is 4.24. The molecular formula is C17H28Cl3N3OS. The van der Waals surface area contributed by atoms with Gasteiger partial charge in [0.05, 0.1) is 4.34 Å². The predicted molar refractivity (Wildman–Crippen MR) is 111 cm³/mol. The van der Waals surface area contributed by atoms with Crippen LogP contribution in [0.4, 0.5) is 0 Å². The molecular weight excluding hydrogens is 401 g/mol. The van der Waals surface area contributed by atoms with Crippen LogP contribution in [0.2, 0.25) is 4.34 Å². The molecule has 1 aromatic rings. The van der Waals surface area contributed by atoms with Crippen LogP contribution in [0.3, 0.4) is 0 Å². The molecule has 0 atom stereocenters. The fourth-order valence-electron chi connectivity index (χ4n) is 3.47. The lowest BCUT2D eigenvalue weighted by molar-refractivity contribution is -0.133. The van der Waals surface area contributed by atoms with Crippen molar-refractivity contribution in [2.45, 2.75) is 32.2 Å². The molecule has 0 radical (unpaired) electrons. The van der Waals surface area contributed by atoms with E-state index in [1.54, 1.807) is 11.3 Å². The average molecular weight is 429 g/mol. The third-order valence-electron chi connectivity index (χ3n) is 4.96. The summed E-state index contributed by atoms with van der Waals surface area (Å²) in [5.41, 5.74) is 0. The van der Waals surface area contributed by atoms with Crippen molar-refractivity contribution in [1.29, 1.82) is 0 Å². The molecule has 0 spiro atoms. The van der Waals surface area contributed by atoms with Crippen LogP contribution >= 0.6 is 47.8 Å². The normalized spacial score (nSPS) is 19.2. The second-order valence-electron chi connectivity index (χ2n) is 6.59. The van der Waals surface area contributed by atoms with Crippen LogP contribution in [0.5, 0.6) is 0 Å². The molecule has 1 amide bonds. The van der Waals surface area contributed by atoms with E-state index < -0.39 is 0 Å². The third kappa shape index (κ3) is 7.24. The molecule has 3 rings (SSSR count). The molecule has 2 aliphatic heterocycles. The minimum atomic E-state index is 0. The molecule has 144 valence electrons. The van der Waals surface area contributed by atoms with Crippen molar-refractivity contribution in [2.75, 3.05) is 39.3 Å². The molecule has 0 bridgehead atoms. The number of carbonyl (C=O) groups excluding carboxylic acids is 1. The molecule has 3 heterocycles. The number of carbonyl (C=O) groups is 1. The zero-order chi connectivity index (χ0) is 16.1. The van der Waals surface area contributed by atoms with E-state index in [1.165, 1.54) is 17.7 Å². The Hall–Kier alpha value is -0.0400. The Morgan fingerprint density at radius 3 is 2.44 bits per heavy atom. The van der Waals surface area contributed by atoms with Crippen molar-refractivity contribution < 1.29 is 4.79 Å². The van der Waals surface area contributed by atoms with Crippen LogP contribution in [-0.4, -0.2) is 55.0 Å². The fraction of sp³-hybridized carbons (Fsp3) is 0.706. The standard InChI is InChI=1S/C17H26ClN3OS.2ClH/c18-16-3-2-15(23-16)13-20-9-11-21(12-10-20)17(22)4-1-14-5-7-19-8-6-14;;/h2-3,14,19H,1,4-13H2;2*1H. The second kappa shape index (κ2) is 11.6. The average Bonchev–Trinajstić information content (AvgIpc) is 2.99. The molecule has 1 aromatic heterocycles. The number of amides is 1. The predicted octanol–water partition coefficient (Wildman–Crippen LogP) is 3.67. The molecule has 25 heavy (non-hydrogen) atoms. The van der Waals surface area contributed by atoms with Gasteiger partial charge in [0.25, 0.3) is 0 Å². The molecule has 0 unspecified atom stereocenters. The first-order valence-electron chi connectivity index (χ1n) is 8.66. The highest BCUT2D eigenvalue weighted by atomic mass is 35.5. The third-order valence-corrected chi connectivity index (χ3v) is 6.17. The number of piperazine rings is 1. The van der Waals surface area contributed by atoms with Crippen molar-refractivity contribution in [1.82, 2.24) is 15.1 Å². The lowest BCUT2D eigenvalue weighted by Crippen LogP contribution is -2.48. The molecule has 0 saturated carbocycles. The quantitative estimate of drug-likeness (QED) is 0.777. The van der Waals surface area contributed by atoms with Gasteiger partial charge in [0.1, 0.15) is 0 Å². The first-order chi connectivity index (χ1) is 11.2. The minimum absolute atomic E-state index is 0. The zero-order valence-electron chi connectivity index (χ0n) is 14.4. The molecule has 2 fully saturated rings. The number of hydrogen-bond acceptors (Lipinski definition) is 4. The molecule has 4 nitrogen and oxygen atoms in total. The van der Waals surface area contributed by atoms with Crippen LogP contribution in [0.25, 0.3) is 0 Å². The van der Waals surface area contributed by atoms with Gasteiger partial charge in [-0.2, -0.15) is 0 Å². The Morgan fingerprint density at radius 2 is 1.84 bits per heavy atom. The van der Waals surface area contributed by atoms with Crippen LogP contribution < -0.4 is 5.32 Å². The first-order valence-corrected chi connectivity index (χ1v) is 9.85. The number of halogens is 3. The van der Waals surface area contributed by atoms with Crippen LogP contribution in [0.15, 0.2) is 12.1 Å². The number of hydrogen-bond donors (Lipinski definition) is 1. The van der Waals surface area contributed by atoms with Gasteiger partial charge in [-0.05, 0) is 50.4 Å². The van der Waals surface area contributed by atoms with E-state index in [9.17, 15) is 4.79 Å². The van der Waals surface area contributed by atoms with E-state index >= 15 is 0 Å². The summed E-state index contributed by atoms with van der Waals surface area (Å²) in [4.78, 5) is 18.2. The topological polar surface area (TPSA) is 35.6 Å². The van der Waals surface area contributed by atoms with Gasteiger partial charge in [0, 0.05) is 44.0 Å². The summed E-state index contributed by atoms with van der Waals surface area (Å²) >= 11 is 7.64. The summed E-state index contributed by atoms with van der Waals surface area (Å²) in [6, 6.07) is 4.06. The lowest BCUT2D eigenvalue weighted by Gasteiger charge is -2.35. The van der Waals surface area contributed by atoms with Gasteiger partial charge in [0.15, 0.2) is 0 Å². The van der Waals surface area contributed by atoms with Gasteiger partial charge in [-0.1, -0.05) is 11.6 Å². The van der Waals surface area contributed by atoms with Gasteiger partial charge in [-0.15, -0.1) is 36.2 Å². The number of rotatable bonds is 5. The van der Waals surface area contributed by atoms with Crippen molar-refractivity contribution in [3.05, 3.63) is 21.3 Å². The van der Waals surface area contributed by atoms with Gasteiger partial charge in [-0.25, -0.2) is 0 Å². The van der Waals surface area contributed by atoms with Crippen molar-refractivity contribution in [3.8, 4) is 0 Å². The second-order valence-corrected chi connectivity index (χ2v) is 8.39. The molecule has 0 aromatic carbocycles. The van der Waals surface area contributed by atoms with E-state index in [0.717, 1.165) is 68.9 Å². The number of nitrogens with zero attached hydrogens (tertiary/aromatic N) is 2. The summed E-state index contributed by atoms with van der Waals surface area (Å²) in [5, 5.41) is 3.38. The van der Waals surface area contributed by atoms with E-state index in [1.807, 2.05) is 6.07 Å². The van der Waals surface area contributed by atoms with Crippen LogP contribution in [0.1, 0.15) is 30.6 Å². The largest absolute Gasteiger partial charge is 0.340 e. The maximum atomic E-state index is 12.4. The SMILES string of the molecule is Cl.Cl.O=C(CCC1CCNCC1)N1CCN(Cc2ccc(Cl)s2)CC1. The fourth-order valence-corrected chi connectivity index (χ4v) is 4.60. The van der Waals surface area contributed by atoms with Crippen molar-refractivity contribution in [3.63, 3.8) is 0 Å². The van der Waals surface area contributed by atoms with Gasteiger partial charge < -0.3 is 10.2 Å². The Bertz CT molecular complexity index is 515. The van der Waals surface area contributed by atoms with Crippen LogP contribution in [0, 0.1) is 5.92 Å². The molecule has 2 aliphatic rings. The highest BCUT2D eigenvalue weighted by Crippen LogP contribution is 2.23. The summed E-state index contributed by atoms with van der Waals surface area (Å²) in [6.45, 7) is 6.85. The van der Waals surface area contributed by atoms with Gasteiger partial charge in [-0.3, -0.25) is 9.69 Å². The monoisotopic (exact) mass is 427 g/mol. The Balaban J connectivity index is 0.00000156. The van der Waals surface area contributed by atoms with Crippen molar-refractivity contribution in [2.24, 2.45) is 5.92 Å². The van der Waals surface area contributed by atoms with Gasteiger partial charge >= 0.3 is 0 Å².